The Morgan fingerprint density at radius 2 is 2.00 bits per heavy atom. The van der Waals surface area contributed by atoms with Gasteiger partial charge in [0.05, 0.1) is 12.3 Å². The van der Waals surface area contributed by atoms with Gasteiger partial charge in [0, 0.05) is 6.54 Å². The summed E-state index contributed by atoms with van der Waals surface area (Å²) in [5, 5.41) is 3.02. The molecule has 0 bridgehead atoms. The van der Waals surface area contributed by atoms with Crippen molar-refractivity contribution in [3.05, 3.63) is 47.9 Å². The Morgan fingerprint density at radius 3 is 2.78 bits per heavy atom. The number of amides is 2. The Bertz CT molecular complexity index is 833. The summed E-state index contributed by atoms with van der Waals surface area (Å²) in [7, 11) is 0. The molecule has 142 valence electrons. The molecule has 0 aliphatic carbocycles. The van der Waals surface area contributed by atoms with E-state index in [1.165, 1.54) is 6.26 Å². The molecule has 1 saturated heterocycles. The molecule has 0 spiro atoms. The van der Waals surface area contributed by atoms with Crippen LogP contribution in [0.15, 0.2) is 41.0 Å². The number of benzene rings is 1. The van der Waals surface area contributed by atoms with Crippen molar-refractivity contribution in [1.82, 2.24) is 10.2 Å². The number of ether oxygens (including phenoxy) is 2. The SMILES string of the molecule is CC(NC(=O)C1CCCN1C(=O)c1ccco1)c1ccc2c(c1)OCCO2. The largest absolute Gasteiger partial charge is 0.486 e. The Kier molecular flexibility index (Phi) is 4.75. The fourth-order valence-electron chi connectivity index (χ4n) is 3.55. The maximum absolute atomic E-state index is 12.8. The highest BCUT2D eigenvalue weighted by Gasteiger charge is 2.36. The third kappa shape index (κ3) is 3.49. The van der Waals surface area contributed by atoms with Crippen LogP contribution in [0.2, 0.25) is 0 Å². The number of hydrogen-bond acceptors (Lipinski definition) is 5. The molecule has 0 saturated carbocycles. The number of rotatable bonds is 4. The Hall–Kier alpha value is -2.96. The summed E-state index contributed by atoms with van der Waals surface area (Å²) in [5.41, 5.74) is 0.925. The van der Waals surface area contributed by atoms with Crippen molar-refractivity contribution in [3.63, 3.8) is 0 Å². The number of hydrogen-bond donors (Lipinski definition) is 1. The predicted octanol–water partition coefficient (Wildman–Crippen LogP) is 2.53. The van der Waals surface area contributed by atoms with E-state index in [0.29, 0.717) is 31.9 Å². The van der Waals surface area contributed by atoms with Crippen molar-refractivity contribution in [2.24, 2.45) is 0 Å². The lowest BCUT2D eigenvalue weighted by Crippen LogP contribution is -2.46. The minimum atomic E-state index is -0.484. The average Bonchev–Trinajstić information content (AvgIpc) is 3.39. The first-order valence-electron chi connectivity index (χ1n) is 9.18. The summed E-state index contributed by atoms with van der Waals surface area (Å²) >= 11 is 0. The summed E-state index contributed by atoms with van der Waals surface area (Å²) in [6, 6.07) is 8.25. The molecule has 27 heavy (non-hydrogen) atoms. The van der Waals surface area contributed by atoms with Crippen molar-refractivity contribution < 1.29 is 23.5 Å². The lowest BCUT2D eigenvalue weighted by Gasteiger charge is -2.25. The van der Waals surface area contributed by atoms with Gasteiger partial charge in [-0.1, -0.05) is 6.07 Å². The minimum Gasteiger partial charge on any atom is -0.486 e. The molecule has 1 aromatic carbocycles. The van der Waals surface area contributed by atoms with Gasteiger partial charge in [-0.3, -0.25) is 9.59 Å². The van der Waals surface area contributed by atoms with Gasteiger partial charge in [-0.25, -0.2) is 0 Å². The van der Waals surface area contributed by atoms with Crippen LogP contribution in [-0.4, -0.2) is 42.5 Å². The molecule has 2 unspecified atom stereocenters. The topological polar surface area (TPSA) is 81.0 Å². The number of furan rings is 1. The highest BCUT2D eigenvalue weighted by molar-refractivity contribution is 5.96. The van der Waals surface area contributed by atoms with E-state index in [-0.39, 0.29) is 23.6 Å². The number of likely N-dealkylation sites (tertiary alicyclic amines) is 1. The Labute approximate surface area is 157 Å². The molecule has 7 heteroatoms. The van der Waals surface area contributed by atoms with Crippen LogP contribution in [0.1, 0.15) is 41.9 Å². The van der Waals surface area contributed by atoms with Crippen molar-refractivity contribution in [2.75, 3.05) is 19.8 Å². The third-order valence-corrected chi connectivity index (χ3v) is 4.97. The molecular formula is C20H22N2O5. The summed E-state index contributed by atoms with van der Waals surface area (Å²) in [6.07, 6.45) is 2.90. The van der Waals surface area contributed by atoms with Crippen LogP contribution < -0.4 is 14.8 Å². The quantitative estimate of drug-likeness (QED) is 0.894. The lowest BCUT2D eigenvalue weighted by atomic mass is 10.1. The molecule has 2 aromatic rings. The monoisotopic (exact) mass is 370 g/mol. The molecule has 1 N–H and O–H groups in total. The predicted molar refractivity (Wildman–Crippen MR) is 96.8 cm³/mol. The zero-order chi connectivity index (χ0) is 18.8. The second-order valence-electron chi connectivity index (χ2n) is 6.77. The number of nitrogens with zero attached hydrogens (tertiary/aromatic N) is 1. The Morgan fingerprint density at radius 1 is 1.19 bits per heavy atom. The molecule has 0 radical (unpaired) electrons. The summed E-state index contributed by atoms with van der Waals surface area (Å²) in [4.78, 5) is 27.0. The number of carbonyl (C=O) groups excluding carboxylic acids is 2. The molecular weight excluding hydrogens is 348 g/mol. The number of fused-ring (bicyclic) bond motifs is 1. The van der Waals surface area contributed by atoms with E-state index in [9.17, 15) is 9.59 Å². The summed E-state index contributed by atoms with van der Waals surface area (Å²) < 4.78 is 16.3. The van der Waals surface area contributed by atoms with E-state index >= 15 is 0 Å². The van der Waals surface area contributed by atoms with E-state index in [1.54, 1.807) is 17.0 Å². The van der Waals surface area contributed by atoms with E-state index in [4.69, 9.17) is 13.9 Å². The number of nitrogens with one attached hydrogen (secondary N) is 1. The fraction of sp³-hybridized carbons (Fsp3) is 0.400. The summed E-state index contributed by atoms with van der Waals surface area (Å²) in [5.74, 6) is 1.26. The first-order valence-corrected chi connectivity index (χ1v) is 9.18. The van der Waals surface area contributed by atoms with Crippen LogP contribution >= 0.6 is 0 Å². The third-order valence-electron chi connectivity index (χ3n) is 4.97. The average molecular weight is 370 g/mol. The van der Waals surface area contributed by atoms with Crippen LogP contribution in [0.3, 0.4) is 0 Å². The van der Waals surface area contributed by atoms with Crippen molar-refractivity contribution in [1.29, 1.82) is 0 Å². The number of carbonyl (C=O) groups is 2. The molecule has 2 aliphatic heterocycles. The second-order valence-corrected chi connectivity index (χ2v) is 6.77. The van der Waals surface area contributed by atoms with E-state index in [1.807, 2.05) is 25.1 Å². The van der Waals surface area contributed by atoms with Crippen LogP contribution in [0, 0.1) is 0 Å². The van der Waals surface area contributed by atoms with Gasteiger partial charge >= 0.3 is 0 Å². The molecule has 3 heterocycles. The zero-order valence-electron chi connectivity index (χ0n) is 15.1. The van der Waals surface area contributed by atoms with E-state index in [2.05, 4.69) is 5.32 Å². The molecule has 1 aromatic heterocycles. The van der Waals surface area contributed by atoms with Gasteiger partial charge in [0.25, 0.3) is 5.91 Å². The van der Waals surface area contributed by atoms with Crippen molar-refractivity contribution in [2.45, 2.75) is 31.8 Å². The van der Waals surface area contributed by atoms with Crippen LogP contribution in [-0.2, 0) is 4.79 Å². The van der Waals surface area contributed by atoms with Crippen molar-refractivity contribution in [3.8, 4) is 11.5 Å². The normalized spacial score (nSPS) is 19.6. The van der Waals surface area contributed by atoms with Gasteiger partial charge in [0.2, 0.25) is 5.91 Å². The molecule has 2 amide bonds. The standard InChI is InChI=1S/C20H22N2O5/c1-13(14-6-7-16-18(12-14)27-11-10-26-16)21-19(23)15-4-2-8-22(15)20(24)17-5-3-9-25-17/h3,5-7,9,12-13,15H,2,4,8,10-11H2,1H3,(H,21,23). The maximum Gasteiger partial charge on any atom is 0.290 e. The van der Waals surface area contributed by atoms with Gasteiger partial charge in [0.15, 0.2) is 17.3 Å². The smallest absolute Gasteiger partial charge is 0.290 e. The van der Waals surface area contributed by atoms with Crippen molar-refractivity contribution >= 4 is 11.8 Å². The molecule has 2 atom stereocenters. The maximum atomic E-state index is 12.8. The molecule has 4 rings (SSSR count). The van der Waals surface area contributed by atoms with Gasteiger partial charge in [0.1, 0.15) is 19.3 Å². The second kappa shape index (κ2) is 7.34. The zero-order valence-corrected chi connectivity index (χ0v) is 15.1. The first-order chi connectivity index (χ1) is 13.1. The fourth-order valence-corrected chi connectivity index (χ4v) is 3.55. The Balaban J connectivity index is 1.44. The van der Waals surface area contributed by atoms with E-state index in [0.717, 1.165) is 17.7 Å². The first kappa shape index (κ1) is 17.5. The van der Waals surface area contributed by atoms with Gasteiger partial charge in [-0.05, 0) is 49.6 Å². The molecule has 1 fully saturated rings. The molecule has 7 nitrogen and oxygen atoms in total. The van der Waals surface area contributed by atoms with Gasteiger partial charge in [-0.15, -0.1) is 0 Å². The van der Waals surface area contributed by atoms with Gasteiger partial charge < -0.3 is 24.1 Å². The molecule has 2 aliphatic rings. The van der Waals surface area contributed by atoms with Crippen LogP contribution in [0.5, 0.6) is 11.5 Å². The highest BCUT2D eigenvalue weighted by Crippen LogP contribution is 2.32. The lowest BCUT2D eigenvalue weighted by molar-refractivity contribution is -0.125. The van der Waals surface area contributed by atoms with E-state index < -0.39 is 6.04 Å². The minimum absolute atomic E-state index is 0.158. The van der Waals surface area contributed by atoms with Crippen LogP contribution in [0.4, 0.5) is 0 Å². The highest BCUT2D eigenvalue weighted by atomic mass is 16.6. The van der Waals surface area contributed by atoms with Gasteiger partial charge in [-0.2, -0.15) is 0 Å². The summed E-state index contributed by atoms with van der Waals surface area (Å²) in [6.45, 7) is 3.52. The van der Waals surface area contributed by atoms with Crippen LogP contribution in [0.25, 0.3) is 0 Å².